The van der Waals surface area contributed by atoms with Gasteiger partial charge in [0.25, 0.3) is 0 Å². The summed E-state index contributed by atoms with van der Waals surface area (Å²) in [6.45, 7) is 1.93. The molecule has 4 heteroatoms. The second kappa shape index (κ2) is 5.53. The Morgan fingerprint density at radius 2 is 1.73 bits per heavy atom. The summed E-state index contributed by atoms with van der Waals surface area (Å²) in [6, 6.07) is 6.91. The van der Waals surface area contributed by atoms with Crippen molar-refractivity contribution in [2.75, 3.05) is 0 Å². The predicted octanol–water partition coefficient (Wildman–Crippen LogP) is 0.659. The minimum absolute atomic E-state index is 0. The molecule has 0 aliphatic carbocycles. The Bertz CT molecular complexity index is 245. The minimum atomic E-state index is -1.84. The van der Waals surface area contributed by atoms with E-state index < -0.39 is 11.1 Å². The monoisotopic (exact) mass is 296 g/mol. The fraction of sp³-hybridized carbons (Fsp3) is 0.143. The Hall–Kier alpha value is 0.901. The summed E-state index contributed by atoms with van der Waals surface area (Å²) >= 11 is -1.84. The first-order valence-corrected chi connectivity index (χ1v) is 3.98. The molecule has 0 heterocycles. The van der Waals surface area contributed by atoms with Crippen LogP contribution in [0.4, 0.5) is 0 Å². The molecule has 0 spiro atoms. The molecular formula is C7H10BaO2S. The number of benzene rings is 1. The van der Waals surface area contributed by atoms with Crippen LogP contribution in [0, 0.1) is 6.92 Å². The third kappa shape index (κ3) is 3.89. The van der Waals surface area contributed by atoms with Gasteiger partial charge in [-0.3, -0.25) is 0 Å². The molecule has 0 amide bonds. The van der Waals surface area contributed by atoms with Gasteiger partial charge in [0.1, 0.15) is 0 Å². The molecule has 1 rings (SSSR count). The van der Waals surface area contributed by atoms with Crippen molar-refractivity contribution in [3.8, 4) is 0 Å². The Balaban J connectivity index is 0.000001000. The van der Waals surface area contributed by atoms with Crippen LogP contribution in [0.5, 0.6) is 0 Å². The van der Waals surface area contributed by atoms with E-state index in [2.05, 4.69) is 0 Å². The summed E-state index contributed by atoms with van der Waals surface area (Å²) in [6.07, 6.45) is 0. The van der Waals surface area contributed by atoms with Crippen LogP contribution in [-0.2, 0) is 11.1 Å². The van der Waals surface area contributed by atoms with Gasteiger partial charge in [-0.05, 0) is 19.1 Å². The summed E-state index contributed by atoms with van der Waals surface area (Å²) in [5.41, 5.74) is 1.09. The molecular weight excluding hydrogens is 285 g/mol. The van der Waals surface area contributed by atoms with Crippen LogP contribution >= 0.6 is 0 Å². The van der Waals surface area contributed by atoms with Crippen LogP contribution in [0.3, 0.4) is 0 Å². The zero-order valence-electron chi connectivity index (χ0n) is 5.57. The van der Waals surface area contributed by atoms with Crippen LogP contribution in [0.2, 0.25) is 0 Å². The molecule has 1 N–H and O–H groups in total. The van der Waals surface area contributed by atoms with E-state index in [-0.39, 0.29) is 48.9 Å². The van der Waals surface area contributed by atoms with Gasteiger partial charge < -0.3 is 4.55 Å². The topological polar surface area (TPSA) is 37.3 Å². The summed E-state index contributed by atoms with van der Waals surface area (Å²) in [4.78, 5) is 0.450. The van der Waals surface area contributed by atoms with E-state index in [0.717, 1.165) is 5.56 Å². The second-order valence-corrected chi connectivity index (χ2v) is 3.03. The third-order valence-electron chi connectivity index (χ3n) is 1.22. The molecule has 0 aliphatic rings. The number of hydrogen-bond acceptors (Lipinski definition) is 1. The summed E-state index contributed by atoms with van der Waals surface area (Å²) in [5.74, 6) is 0. The molecule has 11 heavy (non-hydrogen) atoms. The summed E-state index contributed by atoms with van der Waals surface area (Å²) in [5, 5.41) is 0. The SMILES string of the molecule is Cc1ccc(S(=O)O)cc1.[BaH2]. The quantitative estimate of drug-likeness (QED) is 0.610. The van der Waals surface area contributed by atoms with Gasteiger partial charge in [-0.2, -0.15) is 0 Å². The van der Waals surface area contributed by atoms with E-state index in [1.807, 2.05) is 19.1 Å². The zero-order chi connectivity index (χ0) is 7.56. The van der Waals surface area contributed by atoms with E-state index in [1.54, 1.807) is 12.1 Å². The van der Waals surface area contributed by atoms with Gasteiger partial charge in [0, 0.05) is 0 Å². The molecule has 0 saturated heterocycles. The summed E-state index contributed by atoms with van der Waals surface area (Å²) in [7, 11) is 0. The molecule has 2 nitrogen and oxygen atoms in total. The number of aryl methyl sites for hydroxylation is 1. The zero-order valence-corrected chi connectivity index (χ0v) is 6.39. The molecule has 0 fully saturated rings. The van der Waals surface area contributed by atoms with Crippen molar-refractivity contribution >= 4 is 60.0 Å². The van der Waals surface area contributed by atoms with Crippen molar-refractivity contribution in [2.45, 2.75) is 11.8 Å². The van der Waals surface area contributed by atoms with Crippen molar-refractivity contribution in [2.24, 2.45) is 0 Å². The Morgan fingerprint density at radius 3 is 2.09 bits per heavy atom. The van der Waals surface area contributed by atoms with Crippen LogP contribution in [0.15, 0.2) is 29.2 Å². The fourth-order valence-electron chi connectivity index (χ4n) is 0.655. The molecule has 0 radical (unpaired) electrons. The molecule has 58 valence electrons. The van der Waals surface area contributed by atoms with E-state index in [1.165, 1.54) is 0 Å². The Labute approximate surface area is 109 Å². The Morgan fingerprint density at radius 1 is 1.27 bits per heavy atom. The van der Waals surface area contributed by atoms with Gasteiger partial charge in [-0.25, -0.2) is 4.21 Å². The van der Waals surface area contributed by atoms with Crippen molar-refractivity contribution in [1.82, 2.24) is 0 Å². The van der Waals surface area contributed by atoms with Crippen LogP contribution in [-0.4, -0.2) is 57.6 Å². The fourth-order valence-corrected chi connectivity index (χ4v) is 1.02. The van der Waals surface area contributed by atoms with E-state index in [0.29, 0.717) is 4.90 Å². The molecule has 0 aliphatic heterocycles. The molecule has 1 aromatic rings. The van der Waals surface area contributed by atoms with Crippen molar-refractivity contribution in [3.63, 3.8) is 0 Å². The van der Waals surface area contributed by atoms with Crippen LogP contribution < -0.4 is 0 Å². The molecule has 1 aromatic carbocycles. The maximum atomic E-state index is 10.4. The van der Waals surface area contributed by atoms with Gasteiger partial charge in [0.2, 0.25) is 0 Å². The maximum absolute atomic E-state index is 10.4. The van der Waals surface area contributed by atoms with Crippen LogP contribution in [0.25, 0.3) is 0 Å². The van der Waals surface area contributed by atoms with Crippen molar-refractivity contribution < 1.29 is 8.76 Å². The van der Waals surface area contributed by atoms with Gasteiger partial charge in [-0.1, -0.05) is 17.7 Å². The molecule has 0 saturated carbocycles. The number of rotatable bonds is 1. The van der Waals surface area contributed by atoms with Crippen molar-refractivity contribution in [3.05, 3.63) is 29.8 Å². The predicted molar refractivity (Wildman–Crippen MR) is 48.8 cm³/mol. The summed E-state index contributed by atoms with van der Waals surface area (Å²) < 4.78 is 19.0. The third-order valence-corrected chi connectivity index (χ3v) is 1.90. The first-order chi connectivity index (χ1) is 4.70. The number of hydrogen-bond donors (Lipinski definition) is 1. The average molecular weight is 296 g/mol. The van der Waals surface area contributed by atoms with E-state index in [9.17, 15) is 4.21 Å². The van der Waals surface area contributed by atoms with E-state index in [4.69, 9.17) is 4.55 Å². The van der Waals surface area contributed by atoms with Crippen molar-refractivity contribution in [1.29, 1.82) is 0 Å². The first kappa shape index (κ1) is 11.9. The average Bonchev–Trinajstić information content (AvgIpc) is 1.88. The molecule has 0 aromatic heterocycles. The second-order valence-electron chi connectivity index (χ2n) is 2.06. The van der Waals surface area contributed by atoms with E-state index >= 15 is 0 Å². The molecule has 0 bridgehead atoms. The standard InChI is InChI=1S/C7H8O2S.Ba.2H/c1-6-2-4-7(5-3-6)10(8)9;;;/h2-5H,1H3,(H,8,9);;;. The Kier molecular flexibility index (Phi) is 5.98. The van der Waals surface area contributed by atoms with Gasteiger partial charge in [0.05, 0.1) is 4.90 Å². The molecule has 1 atom stereocenters. The van der Waals surface area contributed by atoms with Gasteiger partial charge in [0.15, 0.2) is 11.1 Å². The first-order valence-electron chi connectivity index (χ1n) is 2.87. The van der Waals surface area contributed by atoms with Crippen LogP contribution in [0.1, 0.15) is 5.56 Å². The normalized spacial score (nSPS) is 11.8. The van der Waals surface area contributed by atoms with Gasteiger partial charge >= 0.3 is 48.9 Å². The molecule has 1 unspecified atom stereocenters. The van der Waals surface area contributed by atoms with Gasteiger partial charge in [-0.15, -0.1) is 0 Å².